The summed E-state index contributed by atoms with van der Waals surface area (Å²) in [5, 5.41) is 8.18. The first-order chi connectivity index (χ1) is 12.0. The highest BCUT2D eigenvalue weighted by atomic mass is 16.5. The van der Waals surface area contributed by atoms with Gasteiger partial charge in [0.15, 0.2) is 0 Å². The molecule has 1 atom stereocenters. The van der Waals surface area contributed by atoms with Crippen LogP contribution in [0.2, 0.25) is 0 Å². The van der Waals surface area contributed by atoms with Crippen LogP contribution in [0.15, 0.2) is 30.6 Å². The minimum absolute atomic E-state index is 0.0573. The van der Waals surface area contributed by atoms with Crippen LogP contribution in [0, 0.1) is 5.92 Å². The number of nitrogens with zero attached hydrogens (tertiary/aromatic N) is 4. The van der Waals surface area contributed by atoms with Crippen molar-refractivity contribution < 1.29 is 9.53 Å². The van der Waals surface area contributed by atoms with Crippen LogP contribution in [0.5, 0.6) is 5.75 Å². The van der Waals surface area contributed by atoms with Gasteiger partial charge < -0.3 is 14.2 Å². The molecule has 1 amide bonds. The van der Waals surface area contributed by atoms with E-state index in [0.717, 1.165) is 31.0 Å². The van der Waals surface area contributed by atoms with E-state index in [1.807, 2.05) is 40.8 Å². The second-order valence-corrected chi connectivity index (χ2v) is 7.12. The quantitative estimate of drug-likeness (QED) is 0.838. The number of ether oxygens (including phenoxy) is 1. The van der Waals surface area contributed by atoms with E-state index >= 15 is 0 Å². The smallest absolute Gasteiger partial charge is 0.254 e. The summed E-state index contributed by atoms with van der Waals surface area (Å²) < 4.78 is 7.69. The molecule has 25 heavy (non-hydrogen) atoms. The zero-order chi connectivity index (χ0) is 17.8. The molecule has 6 nitrogen and oxygen atoms in total. The van der Waals surface area contributed by atoms with Crippen LogP contribution in [0.25, 0.3) is 0 Å². The molecule has 1 aliphatic rings. The summed E-state index contributed by atoms with van der Waals surface area (Å²) in [6, 6.07) is 7.48. The Balaban J connectivity index is 1.70. The summed E-state index contributed by atoms with van der Waals surface area (Å²) in [4.78, 5) is 14.8. The number of carbonyl (C=O) groups excluding carboxylic acids is 1. The van der Waals surface area contributed by atoms with Crippen molar-refractivity contribution >= 4 is 5.91 Å². The van der Waals surface area contributed by atoms with Crippen LogP contribution in [0.4, 0.5) is 0 Å². The molecule has 0 bridgehead atoms. The van der Waals surface area contributed by atoms with Crippen molar-refractivity contribution in [2.45, 2.75) is 32.6 Å². The number of aromatic nitrogens is 3. The van der Waals surface area contributed by atoms with Gasteiger partial charge in [-0.25, -0.2) is 0 Å². The van der Waals surface area contributed by atoms with E-state index in [9.17, 15) is 4.79 Å². The highest BCUT2D eigenvalue weighted by Gasteiger charge is 2.28. The lowest BCUT2D eigenvalue weighted by atomic mass is 9.96. The fourth-order valence-corrected chi connectivity index (χ4v) is 3.20. The van der Waals surface area contributed by atoms with Crippen molar-refractivity contribution in [1.29, 1.82) is 0 Å². The second kappa shape index (κ2) is 7.68. The average Bonchev–Trinajstić information content (AvgIpc) is 3.05. The molecule has 1 aromatic heterocycles. The highest BCUT2D eigenvalue weighted by Crippen LogP contribution is 2.26. The summed E-state index contributed by atoms with van der Waals surface area (Å²) in [7, 11) is 1.95. The van der Waals surface area contributed by atoms with E-state index in [2.05, 4.69) is 24.0 Å². The molecule has 1 fully saturated rings. The summed E-state index contributed by atoms with van der Waals surface area (Å²) >= 11 is 0. The van der Waals surface area contributed by atoms with E-state index in [1.54, 1.807) is 6.33 Å². The fraction of sp³-hybridized carbons (Fsp3) is 0.526. The van der Waals surface area contributed by atoms with Gasteiger partial charge in [0.05, 0.1) is 6.61 Å². The third-order valence-electron chi connectivity index (χ3n) is 4.48. The van der Waals surface area contributed by atoms with Crippen molar-refractivity contribution in [1.82, 2.24) is 19.7 Å². The van der Waals surface area contributed by atoms with Crippen molar-refractivity contribution in [3.8, 4) is 5.75 Å². The largest absolute Gasteiger partial charge is 0.493 e. The maximum atomic E-state index is 12.9. The predicted octanol–water partition coefficient (Wildman–Crippen LogP) is 2.87. The monoisotopic (exact) mass is 342 g/mol. The van der Waals surface area contributed by atoms with Gasteiger partial charge >= 0.3 is 0 Å². The lowest BCUT2D eigenvalue weighted by Crippen LogP contribution is -2.39. The maximum absolute atomic E-state index is 12.9. The minimum Gasteiger partial charge on any atom is -0.493 e. The highest BCUT2D eigenvalue weighted by molar-refractivity contribution is 5.94. The van der Waals surface area contributed by atoms with Gasteiger partial charge in [-0.1, -0.05) is 19.9 Å². The van der Waals surface area contributed by atoms with Crippen LogP contribution < -0.4 is 4.74 Å². The van der Waals surface area contributed by atoms with Gasteiger partial charge in [0.1, 0.15) is 17.9 Å². The Labute approximate surface area is 148 Å². The minimum atomic E-state index is 0.0573. The predicted molar refractivity (Wildman–Crippen MR) is 95.7 cm³/mol. The van der Waals surface area contributed by atoms with Crippen molar-refractivity contribution in [2.75, 3.05) is 19.7 Å². The van der Waals surface area contributed by atoms with E-state index in [4.69, 9.17) is 4.74 Å². The molecule has 1 aliphatic heterocycles. The van der Waals surface area contributed by atoms with Gasteiger partial charge in [-0.2, -0.15) is 0 Å². The molecule has 134 valence electrons. The Morgan fingerprint density at radius 2 is 2.24 bits per heavy atom. The van der Waals surface area contributed by atoms with Crippen molar-refractivity contribution in [3.63, 3.8) is 0 Å². The molecule has 1 saturated heterocycles. The maximum Gasteiger partial charge on any atom is 0.254 e. The Hall–Kier alpha value is -2.37. The topological polar surface area (TPSA) is 60.2 Å². The van der Waals surface area contributed by atoms with Gasteiger partial charge in [0.25, 0.3) is 5.91 Å². The van der Waals surface area contributed by atoms with Gasteiger partial charge in [-0.3, -0.25) is 4.79 Å². The first-order valence-corrected chi connectivity index (χ1v) is 8.90. The van der Waals surface area contributed by atoms with Crippen molar-refractivity contribution in [2.24, 2.45) is 13.0 Å². The molecule has 0 aliphatic carbocycles. The lowest BCUT2D eigenvalue weighted by molar-refractivity contribution is 0.0703. The second-order valence-electron chi connectivity index (χ2n) is 7.12. The van der Waals surface area contributed by atoms with Crippen LogP contribution in [-0.4, -0.2) is 45.3 Å². The molecule has 1 aromatic carbocycles. The molecule has 2 heterocycles. The molecule has 1 unspecified atom stereocenters. The van der Waals surface area contributed by atoms with Gasteiger partial charge in [-0.15, -0.1) is 10.2 Å². The Kier molecular flexibility index (Phi) is 5.36. The number of aryl methyl sites for hydroxylation is 1. The molecule has 3 rings (SSSR count). The molecule has 0 saturated carbocycles. The van der Waals surface area contributed by atoms with Crippen molar-refractivity contribution in [3.05, 3.63) is 42.0 Å². The molecule has 6 heteroatoms. The SMILES string of the molecule is CC(C)COc1cccc(C(=O)N2CCCC(c3nncn3C)C2)c1. The number of rotatable bonds is 5. The molecule has 0 spiro atoms. The zero-order valence-electron chi connectivity index (χ0n) is 15.2. The number of hydrogen-bond donors (Lipinski definition) is 0. The summed E-state index contributed by atoms with van der Waals surface area (Å²) in [6.07, 6.45) is 3.73. The molecule has 2 aromatic rings. The molecule has 0 N–H and O–H groups in total. The van der Waals surface area contributed by atoms with Gasteiger partial charge in [0.2, 0.25) is 0 Å². The number of hydrogen-bond acceptors (Lipinski definition) is 4. The standard InChI is InChI=1S/C19H26N4O2/c1-14(2)12-25-17-8-4-6-15(10-17)19(24)23-9-5-7-16(11-23)18-21-20-13-22(18)3/h4,6,8,10,13-14,16H,5,7,9,11-12H2,1-3H3. The number of carbonyl (C=O) groups is 1. The number of likely N-dealkylation sites (tertiary alicyclic amines) is 1. The molecular weight excluding hydrogens is 316 g/mol. The van der Waals surface area contributed by atoms with Crippen LogP contribution in [-0.2, 0) is 7.05 Å². The van der Waals surface area contributed by atoms with Crippen LogP contribution in [0.1, 0.15) is 48.8 Å². The summed E-state index contributed by atoms with van der Waals surface area (Å²) in [5.74, 6) is 2.45. The van der Waals surface area contributed by atoms with Crippen LogP contribution >= 0.6 is 0 Å². The summed E-state index contributed by atoms with van der Waals surface area (Å²) in [5.41, 5.74) is 0.680. The summed E-state index contributed by atoms with van der Waals surface area (Å²) in [6.45, 7) is 6.33. The third-order valence-corrected chi connectivity index (χ3v) is 4.48. The number of amides is 1. The molecule has 0 radical (unpaired) electrons. The van der Waals surface area contributed by atoms with E-state index < -0.39 is 0 Å². The third kappa shape index (κ3) is 4.18. The lowest BCUT2D eigenvalue weighted by Gasteiger charge is -2.32. The van der Waals surface area contributed by atoms with Crippen LogP contribution in [0.3, 0.4) is 0 Å². The average molecular weight is 342 g/mol. The first-order valence-electron chi connectivity index (χ1n) is 8.90. The Morgan fingerprint density at radius 3 is 2.96 bits per heavy atom. The number of benzene rings is 1. The fourth-order valence-electron chi connectivity index (χ4n) is 3.20. The first kappa shape index (κ1) is 17.5. The molecular formula is C19H26N4O2. The van der Waals surface area contributed by atoms with E-state index in [1.165, 1.54) is 0 Å². The van der Waals surface area contributed by atoms with Gasteiger partial charge in [-0.05, 0) is 37.0 Å². The number of piperidine rings is 1. The Bertz CT molecular complexity index is 726. The zero-order valence-corrected chi connectivity index (χ0v) is 15.2. The normalized spacial score (nSPS) is 17.8. The van der Waals surface area contributed by atoms with E-state index in [-0.39, 0.29) is 11.8 Å². The van der Waals surface area contributed by atoms with Gasteiger partial charge in [0, 0.05) is 31.6 Å². The Morgan fingerprint density at radius 1 is 1.40 bits per heavy atom. The van der Waals surface area contributed by atoms with E-state index in [0.29, 0.717) is 24.6 Å².